The van der Waals surface area contributed by atoms with Gasteiger partial charge >= 0.3 is 0 Å². The summed E-state index contributed by atoms with van der Waals surface area (Å²) in [6, 6.07) is 102. The Labute approximate surface area is 425 Å². The Balaban J connectivity index is 0.802. The number of fused-ring (bicyclic) bond motifs is 3. The van der Waals surface area contributed by atoms with E-state index in [2.05, 4.69) is 271 Å². The van der Waals surface area contributed by atoms with Crippen LogP contribution in [0.1, 0.15) is 0 Å². The van der Waals surface area contributed by atoms with Crippen molar-refractivity contribution in [2.24, 2.45) is 0 Å². The predicted octanol–water partition coefficient (Wildman–Crippen LogP) is 18.6. The van der Waals surface area contributed by atoms with E-state index in [1.165, 1.54) is 71.9 Å². The van der Waals surface area contributed by atoms with Crippen molar-refractivity contribution < 1.29 is 0 Å². The maximum Gasteiger partial charge on any atom is 0.160 e. The van der Waals surface area contributed by atoms with Gasteiger partial charge in [-0.2, -0.15) is 0 Å². The van der Waals surface area contributed by atoms with E-state index in [1.54, 1.807) is 0 Å². The van der Waals surface area contributed by atoms with Crippen LogP contribution >= 0.6 is 0 Å². The molecule has 0 spiro atoms. The molecule has 2 heterocycles. The number of hydrogen-bond donors (Lipinski definition) is 0. The van der Waals surface area contributed by atoms with Gasteiger partial charge in [0.15, 0.2) is 5.82 Å². The molecule has 13 rings (SSSR count). The van der Waals surface area contributed by atoms with Gasteiger partial charge in [0.05, 0.1) is 22.4 Å². The lowest BCUT2D eigenvalue weighted by atomic mass is 9.95. The summed E-state index contributed by atoms with van der Waals surface area (Å²) in [5.74, 6) is 0.694. The van der Waals surface area contributed by atoms with E-state index in [1.807, 2.05) is 18.2 Å². The minimum Gasteiger partial charge on any atom is -0.309 e. The fourth-order valence-corrected chi connectivity index (χ4v) is 10.3. The third-order valence-electron chi connectivity index (χ3n) is 14.0. The third-order valence-corrected chi connectivity index (χ3v) is 14.0. The molecule has 0 aliphatic heterocycles. The Morgan fingerprint density at radius 3 is 1.05 bits per heavy atom. The van der Waals surface area contributed by atoms with Crippen molar-refractivity contribution >= 4 is 21.8 Å². The maximum absolute atomic E-state index is 5.16. The molecule has 0 saturated heterocycles. The second-order valence-corrected chi connectivity index (χ2v) is 18.6. The molecule has 0 N–H and O–H groups in total. The third kappa shape index (κ3) is 8.60. The molecule has 0 fully saturated rings. The zero-order valence-electron chi connectivity index (χ0n) is 40.0. The first-order chi connectivity index (χ1) is 36.1. The lowest BCUT2D eigenvalue weighted by Gasteiger charge is -2.12. The first-order valence-electron chi connectivity index (χ1n) is 24.9. The smallest absolute Gasteiger partial charge is 0.160 e. The molecule has 3 heteroatoms. The van der Waals surface area contributed by atoms with Crippen LogP contribution < -0.4 is 0 Å². The normalized spacial score (nSPS) is 11.3. The summed E-state index contributed by atoms with van der Waals surface area (Å²) in [7, 11) is 0. The summed E-state index contributed by atoms with van der Waals surface area (Å²) in [4.78, 5) is 10.3. The molecular formula is C70H47N3. The quantitative estimate of drug-likeness (QED) is 0.137. The molecule has 0 radical (unpaired) electrons. The van der Waals surface area contributed by atoms with Crippen LogP contribution in [0, 0.1) is 0 Å². The second-order valence-electron chi connectivity index (χ2n) is 18.6. The van der Waals surface area contributed by atoms with Gasteiger partial charge in [-0.15, -0.1) is 0 Å². The number of hydrogen-bond acceptors (Lipinski definition) is 2. The Kier molecular flexibility index (Phi) is 11.2. The lowest BCUT2D eigenvalue weighted by Crippen LogP contribution is -1.96. The summed E-state index contributed by atoms with van der Waals surface area (Å²) in [5, 5.41) is 2.48. The van der Waals surface area contributed by atoms with Gasteiger partial charge in [-0.1, -0.05) is 237 Å². The molecule has 2 aromatic heterocycles. The van der Waals surface area contributed by atoms with Gasteiger partial charge in [-0.25, -0.2) is 9.97 Å². The average Bonchev–Trinajstić information content (AvgIpc) is 3.82. The number of nitrogens with zero attached hydrogens (tertiary/aromatic N) is 3. The van der Waals surface area contributed by atoms with Crippen LogP contribution in [-0.2, 0) is 0 Å². The molecule has 0 saturated carbocycles. The SMILES string of the molecule is c1ccc(-c2cccc(-c3cccc(-c4ccc(-c5cc(-c6ccc(-c7cccc(-c8ccc9c%10ccccc%10n(-c%10cccc(-c%11ccccc%11)c%10)c9c8)c7)cc6)nc(-c6ccccc6)n5)cc4)c3)c2)cc1. The summed E-state index contributed by atoms with van der Waals surface area (Å²) in [6.45, 7) is 0. The van der Waals surface area contributed by atoms with Crippen LogP contribution in [0.25, 0.3) is 128 Å². The van der Waals surface area contributed by atoms with Gasteiger partial charge in [0.1, 0.15) is 0 Å². The van der Waals surface area contributed by atoms with Crippen molar-refractivity contribution in [3.63, 3.8) is 0 Å². The maximum atomic E-state index is 5.16. The van der Waals surface area contributed by atoms with Gasteiger partial charge < -0.3 is 4.57 Å². The minimum atomic E-state index is 0.694. The van der Waals surface area contributed by atoms with Gasteiger partial charge in [-0.3, -0.25) is 0 Å². The topological polar surface area (TPSA) is 30.7 Å². The minimum absolute atomic E-state index is 0.694. The molecule has 0 unspecified atom stereocenters. The van der Waals surface area contributed by atoms with Crippen LogP contribution in [0.5, 0.6) is 0 Å². The molecule has 0 amide bonds. The molecule has 342 valence electrons. The van der Waals surface area contributed by atoms with E-state index in [4.69, 9.17) is 9.97 Å². The van der Waals surface area contributed by atoms with Crippen molar-refractivity contribution in [3.05, 3.63) is 285 Å². The molecule has 13 aromatic rings. The lowest BCUT2D eigenvalue weighted by molar-refractivity contribution is 1.18. The fourth-order valence-electron chi connectivity index (χ4n) is 10.3. The van der Waals surface area contributed by atoms with Gasteiger partial charge in [0.2, 0.25) is 0 Å². The number of aromatic nitrogens is 3. The van der Waals surface area contributed by atoms with Crippen LogP contribution in [0.4, 0.5) is 0 Å². The summed E-state index contributed by atoms with van der Waals surface area (Å²) < 4.78 is 2.41. The molecule has 11 aromatic carbocycles. The highest BCUT2D eigenvalue weighted by atomic mass is 15.0. The highest BCUT2D eigenvalue weighted by Crippen LogP contribution is 2.38. The van der Waals surface area contributed by atoms with E-state index in [0.29, 0.717) is 5.82 Å². The van der Waals surface area contributed by atoms with Crippen LogP contribution in [0.3, 0.4) is 0 Å². The highest BCUT2D eigenvalue weighted by Gasteiger charge is 2.16. The molecule has 0 bridgehead atoms. The predicted molar refractivity (Wildman–Crippen MR) is 305 cm³/mol. The molecule has 0 aliphatic carbocycles. The summed E-state index contributed by atoms with van der Waals surface area (Å²) in [5.41, 5.74) is 22.4. The Morgan fingerprint density at radius 2 is 0.548 bits per heavy atom. The van der Waals surface area contributed by atoms with E-state index in [0.717, 1.165) is 50.5 Å². The largest absolute Gasteiger partial charge is 0.309 e. The Hall–Kier alpha value is -9.70. The van der Waals surface area contributed by atoms with E-state index >= 15 is 0 Å². The zero-order chi connectivity index (χ0) is 48.5. The number of rotatable bonds is 10. The number of benzene rings is 11. The van der Waals surface area contributed by atoms with Crippen molar-refractivity contribution in [3.8, 4) is 106 Å². The zero-order valence-corrected chi connectivity index (χ0v) is 40.0. The van der Waals surface area contributed by atoms with Crippen LogP contribution in [0.15, 0.2) is 285 Å². The first-order valence-corrected chi connectivity index (χ1v) is 24.9. The van der Waals surface area contributed by atoms with Crippen molar-refractivity contribution in [1.29, 1.82) is 0 Å². The first kappa shape index (κ1) is 43.3. The molecular weight excluding hydrogens is 883 g/mol. The Bertz CT molecular complexity index is 4100. The van der Waals surface area contributed by atoms with Crippen LogP contribution in [0.2, 0.25) is 0 Å². The standard InChI is InChI=1S/C70H47N3/c1-4-16-48(17-5-1)55-22-12-25-58(42-55)59-26-13-23-56(43-59)50-32-36-52(37-33-50)66-47-67(72-70(71-66)54-20-8-3-9-21-54)53-38-34-51(35-39-53)57-24-14-27-60(44-57)62-40-41-65-64-30-10-11-31-68(64)73(69(65)46-62)63-29-15-28-61(45-63)49-18-6-2-7-19-49/h1-47H. The average molecular weight is 930 g/mol. The molecule has 73 heavy (non-hydrogen) atoms. The highest BCUT2D eigenvalue weighted by molar-refractivity contribution is 6.10. The van der Waals surface area contributed by atoms with Crippen molar-refractivity contribution in [1.82, 2.24) is 14.5 Å². The van der Waals surface area contributed by atoms with Crippen molar-refractivity contribution in [2.75, 3.05) is 0 Å². The number of para-hydroxylation sites is 1. The Morgan fingerprint density at radius 1 is 0.205 bits per heavy atom. The molecule has 3 nitrogen and oxygen atoms in total. The van der Waals surface area contributed by atoms with Crippen molar-refractivity contribution in [2.45, 2.75) is 0 Å². The van der Waals surface area contributed by atoms with E-state index in [9.17, 15) is 0 Å². The van der Waals surface area contributed by atoms with Gasteiger partial charge in [0, 0.05) is 33.2 Å². The summed E-state index contributed by atoms with van der Waals surface area (Å²) >= 11 is 0. The van der Waals surface area contributed by atoms with E-state index < -0.39 is 0 Å². The fraction of sp³-hybridized carbons (Fsp3) is 0. The molecule has 0 atom stereocenters. The monoisotopic (exact) mass is 929 g/mol. The van der Waals surface area contributed by atoms with Crippen LogP contribution in [-0.4, -0.2) is 14.5 Å². The summed E-state index contributed by atoms with van der Waals surface area (Å²) in [6.07, 6.45) is 0. The van der Waals surface area contributed by atoms with Gasteiger partial charge in [0.25, 0.3) is 0 Å². The molecule has 0 aliphatic rings. The van der Waals surface area contributed by atoms with Gasteiger partial charge in [-0.05, 0) is 115 Å². The van der Waals surface area contributed by atoms with E-state index in [-0.39, 0.29) is 0 Å². The second kappa shape index (κ2) is 18.9.